The van der Waals surface area contributed by atoms with Crippen molar-refractivity contribution in [3.05, 3.63) is 214 Å². The van der Waals surface area contributed by atoms with E-state index in [2.05, 4.69) is 15.3 Å². The fraction of sp³-hybridized carbons (Fsp3) is 0.418. The molecule has 3 aliphatic heterocycles. The van der Waals surface area contributed by atoms with E-state index in [0.29, 0.717) is 11.5 Å². The third-order valence-electron chi connectivity index (χ3n) is 15.0. The Morgan fingerprint density at radius 1 is 0.506 bits per heavy atom. The highest BCUT2D eigenvalue weighted by atomic mass is 16.8. The van der Waals surface area contributed by atoms with Crippen LogP contribution in [0.25, 0.3) is 10.4 Å². The van der Waals surface area contributed by atoms with E-state index in [1.807, 2.05) is 159 Å². The van der Waals surface area contributed by atoms with Gasteiger partial charge in [-0.1, -0.05) is 157 Å². The van der Waals surface area contributed by atoms with Crippen molar-refractivity contribution in [3.8, 4) is 11.5 Å². The Morgan fingerprint density at radius 2 is 0.966 bits per heavy atom. The van der Waals surface area contributed by atoms with Crippen molar-refractivity contribution in [1.29, 1.82) is 0 Å². The Bertz CT molecular complexity index is 3140. The number of ether oxygens (including phenoxy) is 15. The largest absolute Gasteiger partial charge is 0.497 e. The van der Waals surface area contributed by atoms with Crippen LogP contribution >= 0.6 is 0 Å². The number of amides is 1. The molecule has 3 aliphatic rings. The molecular weight excluding hydrogens is 1150 g/mol. The number of nitrogens with one attached hydrogen (secondary N) is 1. The standard InChI is InChI=1S/C67H76N4O18/c1-43-58(79-37-48-25-15-8-16-26-48)62(80-38-49-27-17-9-18-28-49)63(81-39-50-29-19-10-20-30-50)66(83-43)89-61-57(69-44(2)72)65(85-52-33-31-51(75-4)32-34-52)87-54(41-78-36-47-23-13-7-14-24-47)59(61)88-67-64(84-45(3)73)60(82-42-55(74)76-5)56(70-71-68)53(86-67)40-77-35-46-21-11-6-12-22-46/h6-34,43,53-54,56-67H,35-42H2,1-5H3,(H,69,72)/t43-,53+,54+,56-,57+,58+,59+,60-,61+,62+,63-,64+,65+,66-,67-/m0/s1. The zero-order chi connectivity index (χ0) is 62.3. The molecule has 0 aliphatic carbocycles. The Balaban J connectivity index is 1.17. The number of carbonyl (C=O) groups excluding carboxylic acids is 3. The highest BCUT2D eigenvalue weighted by Crippen LogP contribution is 2.39. The van der Waals surface area contributed by atoms with Crippen molar-refractivity contribution in [2.45, 2.75) is 146 Å². The minimum atomic E-state index is -1.68. The summed E-state index contributed by atoms with van der Waals surface area (Å²) >= 11 is 0. The Labute approximate surface area is 517 Å². The average molecular weight is 1230 g/mol. The molecule has 0 aromatic heterocycles. The maximum atomic E-state index is 13.9. The zero-order valence-electron chi connectivity index (χ0n) is 50.3. The predicted octanol–water partition coefficient (Wildman–Crippen LogP) is 8.90. The van der Waals surface area contributed by atoms with Gasteiger partial charge in [0.1, 0.15) is 66.9 Å². The van der Waals surface area contributed by atoms with E-state index in [4.69, 9.17) is 71.1 Å². The number of benzene rings is 6. The highest BCUT2D eigenvalue weighted by Gasteiger charge is 2.57. The molecule has 22 nitrogen and oxygen atoms in total. The van der Waals surface area contributed by atoms with Gasteiger partial charge in [-0.05, 0) is 64.5 Å². The van der Waals surface area contributed by atoms with Crippen LogP contribution in [0.5, 0.6) is 11.5 Å². The lowest BCUT2D eigenvalue weighted by Crippen LogP contribution is -2.70. The number of hydrogen-bond acceptors (Lipinski definition) is 19. The van der Waals surface area contributed by atoms with Crippen LogP contribution in [0.15, 0.2) is 181 Å². The molecule has 1 N–H and O–H groups in total. The van der Waals surface area contributed by atoms with Crippen LogP contribution in [-0.2, 0) is 109 Å². The summed E-state index contributed by atoms with van der Waals surface area (Å²) in [6, 6.07) is 52.0. The van der Waals surface area contributed by atoms with Crippen LogP contribution in [0.3, 0.4) is 0 Å². The smallest absolute Gasteiger partial charge is 0.331 e. The van der Waals surface area contributed by atoms with Gasteiger partial charge in [-0.2, -0.15) is 0 Å². The Morgan fingerprint density at radius 3 is 1.46 bits per heavy atom. The lowest BCUT2D eigenvalue weighted by Gasteiger charge is -2.51. The third-order valence-corrected chi connectivity index (χ3v) is 15.0. The predicted molar refractivity (Wildman–Crippen MR) is 320 cm³/mol. The van der Waals surface area contributed by atoms with Crippen LogP contribution in [0.2, 0.25) is 0 Å². The van der Waals surface area contributed by atoms with Crippen LogP contribution < -0.4 is 14.8 Å². The summed E-state index contributed by atoms with van der Waals surface area (Å²) in [6.07, 6.45) is -16.2. The van der Waals surface area contributed by atoms with Crippen LogP contribution in [0.4, 0.5) is 0 Å². The second kappa shape index (κ2) is 33.7. The van der Waals surface area contributed by atoms with Gasteiger partial charge in [-0.15, -0.1) is 0 Å². The number of nitrogens with zero attached hydrogens (tertiary/aromatic N) is 3. The van der Waals surface area contributed by atoms with E-state index < -0.39 is 116 Å². The van der Waals surface area contributed by atoms with Gasteiger partial charge in [0.25, 0.3) is 0 Å². The molecule has 22 heteroatoms. The molecule has 3 fully saturated rings. The van der Waals surface area contributed by atoms with Gasteiger partial charge in [0.2, 0.25) is 12.2 Å². The quantitative estimate of drug-likeness (QED) is 0.0191. The number of azide groups is 1. The monoisotopic (exact) mass is 1220 g/mol. The molecule has 15 atom stereocenters. The number of esters is 2. The fourth-order valence-electron chi connectivity index (χ4n) is 10.7. The second-order valence-corrected chi connectivity index (χ2v) is 21.4. The van der Waals surface area contributed by atoms with E-state index in [-0.39, 0.29) is 46.2 Å². The second-order valence-electron chi connectivity index (χ2n) is 21.4. The molecule has 6 aromatic rings. The lowest BCUT2D eigenvalue weighted by atomic mass is 9.93. The van der Waals surface area contributed by atoms with Crippen LogP contribution in [0, 0.1) is 0 Å². The normalized spacial score (nSPS) is 26.6. The molecule has 0 bridgehead atoms. The first-order valence-electron chi connectivity index (χ1n) is 29.4. The molecule has 0 radical (unpaired) electrons. The molecule has 89 heavy (non-hydrogen) atoms. The van der Waals surface area contributed by atoms with E-state index in [1.165, 1.54) is 21.0 Å². The molecule has 0 saturated carbocycles. The summed E-state index contributed by atoms with van der Waals surface area (Å²) in [7, 11) is 2.72. The van der Waals surface area contributed by atoms with Crippen molar-refractivity contribution in [1.82, 2.24) is 5.32 Å². The molecular formula is C67H76N4O18. The van der Waals surface area contributed by atoms with Crippen molar-refractivity contribution in [2.24, 2.45) is 5.11 Å². The summed E-state index contributed by atoms with van der Waals surface area (Å²) in [5.74, 6) is -1.24. The minimum Gasteiger partial charge on any atom is -0.497 e. The summed E-state index contributed by atoms with van der Waals surface area (Å²) in [6.45, 7) is 3.85. The van der Waals surface area contributed by atoms with E-state index in [0.717, 1.165) is 27.8 Å². The average Bonchev–Trinajstić information content (AvgIpc) is 1.17. The van der Waals surface area contributed by atoms with Gasteiger partial charge in [0.15, 0.2) is 18.7 Å². The first kappa shape index (κ1) is 65.6. The van der Waals surface area contributed by atoms with Crippen molar-refractivity contribution < 1.29 is 85.4 Å². The molecule has 3 saturated heterocycles. The molecule has 0 unspecified atom stereocenters. The highest BCUT2D eigenvalue weighted by molar-refractivity contribution is 5.73. The fourth-order valence-corrected chi connectivity index (χ4v) is 10.7. The summed E-state index contributed by atoms with van der Waals surface area (Å²) in [5, 5.41) is 7.14. The number of methoxy groups -OCH3 is 2. The first-order valence-corrected chi connectivity index (χ1v) is 29.4. The molecule has 1 amide bonds. The van der Waals surface area contributed by atoms with Gasteiger partial charge in [0, 0.05) is 18.8 Å². The van der Waals surface area contributed by atoms with Crippen LogP contribution in [-0.4, -0.2) is 144 Å². The summed E-state index contributed by atoms with van der Waals surface area (Å²) < 4.78 is 98.7. The van der Waals surface area contributed by atoms with Crippen molar-refractivity contribution >= 4 is 17.8 Å². The minimum absolute atomic E-state index is 0.0642. The van der Waals surface area contributed by atoms with E-state index in [9.17, 15) is 19.9 Å². The summed E-state index contributed by atoms with van der Waals surface area (Å²) in [5.41, 5.74) is 14.4. The van der Waals surface area contributed by atoms with Crippen molar-refractivity contribution in [2.75, 3.05) is 34.0 Å². The van der Waals surface area contributed by atoms with E-state index in [1.54, 1.807) is 31.4 Å². The van der Waals surface area contributed by atoms with Crippen LogP contribution in [0.1, 0.15) is 48.6 Å². The van der Waals surface area contributed by atoms with Gasteiger partial charge < -0.3 is 76.4 Å². The third kappa shape index (κ3) is 18.9. The Hall–Kier alpha value is -7.80. The number of rotatable bonds is 30. The zero-order valence-corrected chi connectivity index (χ0v) is 50.3. The molecule has 6 aromatic carbocycles. The van der Waals surface area contributed by atoms with Gasteiger partial charge in [0.05, 0.1) is 78.7 Å². The molecule has 0 spiro atoms. The topological polar surface area (TPSA) is 250 Å². The van der Waals surface area contributed by atoms with Gasteiger partial charge >= 0.3 is 11.9 Å². The Kier molecular flexibility index (Phi) is 24.8. The van der Waals surface area contributed by atoms with Crippen molar-refractivity contribution in [3.63, 3.8) is 0 Å². The number of hydrogen-bond donors (Lipinski definition) is 1. The van der Waals surface area contributed by atoms with Gasteiger partial charge in [-0.3, -0.25) is 9.59 Å². The summed E-state index contributed by atoms with van der Waals surface area (Å²) in [4.78, 5) is 43.3. The molecule has 472 valence electrons. The van der Waals surface area contributed by atoms with Gasteiger partial charge in [-0.25, -0.2) is 4.79 Å². The maximum absolute atomic E-state index is 13.9. The number of carbonyl (C=O) groups is 3. The molecule has 9 rings (SSSR count). The van der Waals surface area contributed by atoms with E-state index >= 15 is 0 Å². The first-order chi connectivity index (χ1) is 43.5. The lowest BCUT2D eigenvalue weighted by molar-refractivity contribution is -0.372. The molecule has 3 heterocycles. The SMILES string of the molecule is COC(=O)CO[C@H]1[C@@H](N=[N+]=[N-])[C@@H](COCc2ccccc2)O[C@@H](O[C@H]2[C@H](O[C@@H]3O[C@@H](C)[C@@H](OCc4ccccc4)[C@@H](OCc4ccccc4)[C@@H]3OCc3ccccc3)[C@@H](NC(C)=O)[C@H](Oc3ccc(OC)cc3)O[C@@H]2COCc2ccccc2)[C@@H]1OC(C)=O. The maximum Gasteiger partial charge on any atom is 0.331 e.